The summed E-state index contributed by atoms with van der Waals surface area (Å²) >= 11 is 0. The third-order valence-electron chi connectivity index (χ3n) is 12.4. The zero-order valence-corrected chi connectivity index (χ0v) is 39.8. The molecule has 0 amide bonds. The molecule has 0 saturated heterocycles. The first-order valence-corrected chi connectivity index (χ1v) is 26.2. The lowest BCUT2D eigenvalue weighted by Crippen LogP contribution is -2.27. The van der Waals surface area contributed by atoms with Gasteiger partial charge in [0.2, 0.25) is 0 Å². The lowest BCUT2D eigenvalue weighted by molar-refractivity contribution is -0.150. The number of carbonyl (C=O) groups is 2. The molecule has 0 aliphatic heterocycles. The lowest BCUT2D eigenvalue weighted by Gasteiger charge is -2.22. The molecule has 0 aliphatic rings. The van der Waals surface area contributed by atoms with Crippen molar-refractivity contribution in [3.63, 3.8) is 0 Å². The maximum atomic E-state index is 12.9. The Balaban J connectivity index is 4.20. The van der Waals surface area contributed by atoms with Gasteiger partial charge in [0, 0.05) is 6.61 Å². The summed E-state index contributed by atoms with van der Waals surface area (Å²) < 4.78 is 11.6. The Labute approximate surface area is 362 Å². The van der Waals surface area contributed by atoms with E-state index in [0.717, 1.165) is 110 Å². The SMILES string of the molecule is CCCCCCCCC(CCCCCC)C(=O)OCCCCCCCCN(CCCCO)CCCCCCCCOC(=O)C(CCCCCC)CCCCCCCC. The number of unbranched alkanes of at least 4 members (excludes halogenated alkanes) is 27. The van der Waals surface area contributed by atoms with Crippen LogP contribution < -0.4 is 0 Å². The molecule has 0 spiro atoms. The van der Waals surface area contributed by atoms with E-state index in [2.05, 4.69) is 32.6 Å². The third-order valence-corrected chi connectivity index (χ3v) is 12.4. The number of esters is 2. The molecule has 0 aromatic rings. The number of ether oxygens (including phenoxy) is 2. The van der Waals surface area contributed by atoms with Crippen molar-refractivity contribution >= 4 is 11.9 Å². The molecule has 0 heterocycles. The van der Waals surface area contributed by atoms with Gasteiger partial charge in [-0.2, -0.15) is 0 Å². The zero-order valence-electron chi connectivity index (χ0n) is 39.8. The molecule has 0 saturated carbocycles. The molecule has 58 heavy (non-hydrogen) atoms. The van der Waals surface area contributed by atoms with Crippen LogP contribution in [0.15, 0.2) is 0 Å². The van der Waals surface area contributed by atoms with E-state index in [1.165, 1.54) is 154 Å². The minimum Gasteiger partial charge on any atom is -0.465 e. The molecular formula is C52H103NO5. The topological polar surface area (TPSA) is 76.1 Å². The Kier molecular flexibility index (Phi) is 46.0. The Bertz CT molecular complexity index is 775. The molecule has 0 fully saturated rings. The van der Waals surface area contributed by atoms with Gasteiger partial charge in [-0.15, -0.1) is 0 Å². The van der Waals surface area contributed by atoms with Gasteiger partial charge in [0.15, 0.2) is 0 Å². The van der Waals surface area contributed by atoms with E-state index < -0.39 is 0 Å². The lowest BCUT2D eigenvalue weighted by atomic mass is 9.94. The van der Waals surface area contributed by atoms with Crippen LogP contribution in [0.3, 0.4) is 0 Å². The van der Waals surface area contributed by atoms with Crippen LogP contribution in [0.25, 0.3) is 0 Å². The number of aliphatic hydroxyl groups is 1. The van der Waals surface area contributed by atoms with E-state index in [4.69, 9.17) is 9.47 Å². The summed E-state index contributed by atoms with van der Waals surface area (Å²) in [6.45, 7) is 13.9. The highest BCUT2D eigenvalue weighted by Crippen LogP contribution is 2.22. The van der Waals surface area contributed by atoms with Gasteiger partial charge in [-0.05, 0) is 83.8 Å². The summed E-state index contributed by atoms with van der Waals surface area (Å²) in [6.07, 6.45) is 45.3. The molecule has 6 heteroatoms. The summed E-state index contributed by atoms with van der Waals surface area (Å²) in [5.74, 6) is 0.349. The summed E-state index contributed by atoms with van der Waals surface area (Å²) in [5.41, 5.74) is 0. The highest BCUT2D eigenvalue weighted by Gasteiger charge is 2.20. The highest BCUT2D eigenvalue weighted by atomic mass is 16.5. The molecule has 2 atom stereocenters. The van der Waals surface area contributed by atoms with Gasteiger partial charge >= 0.3 is 11.9 Å². The average Bonchev–Trinajstić information content (AvgIpc) is 3.23. The van der Waals surface area contributed by atoms with Crippen molar-refractivity contribution in [1.82, 2.24) is 4.90 Å². The minimum atomic E-state index is 0.0691. The molecule has 0 aromatic heterocycles. The van der Waals surface area contributed by atoms with Crippen molar-refractivity contribution in [2.24, 2.45) is 11.8 Å². The number of hydrogen-bond donors (Lipinski definition) is 1. The van der Waals surface area contributed by atoms with Crippen LogP contribution in [0, 0.1) is 11.8 Å². The van der Waals surface area contributed by atoms with Crippen LogP contribution in [0.5, 0.6) is 0 Å². The molecule has 0 aliphatic carbocycles. The number of carbonyl (C=O) groups excluding carboxylic acids is 2. The Hall–Kier alpha value is -1.14. The zero-order chi connectivity index (χ0) is 42.4. The predicted octanol–water partition coefficient (Wildman–Crippen LogP) is 15.5. The van der Waals surface area contributed by atoms with Crippen LogP contribution in [0.2, 0.25) is 0 Å². The standard InChI is InChI=1S/C52H103NO5/c1-5-9-13-17-23-31-41-49(39-29-15-11-7-3)51(55)57-47-37-27-21-19-25-33-43-53(45-35-36-46-54)44-34-26-20-22-28-38-48-58-52(56)50(40-30-16-12-8-4)42-32-24-18-14-10-6-2/h49-50,54H,5-48H2,1-4H3. The maximum absolute atomic E-state index is 12.9. The van der Waals surface area contributed by atoms with E-state index in [1.54, 1.807) is 0 Å². The van der Waals surface area contributed by atoms with Crippen molar-refractivity contribution in [1.29, 1.82) is 0 Å². The Morgan fingerprint density at radius 2 is 0.621 bits per heavy atom. The molecule has 0 bridgehead atoms. The predicted molar refractivity (Wildman–Crippen MR) is 251 cm³/mol. The summed E-state index contributed by atoms with van der Waals surface area (Å²) in [6, 6.07) is 0. The van der Waals surface area contributed by atoms with Gasteiger partial charge in [-0.1, -0.05) is 207 Å². The fraction of sp³-hybridized carbons (Fsp3) is 0.962. The van der Waals surface area contributed by atoms with Gasteiger partial charge in [-0.3, -0.25) is 9.59 Å². The van der Waals surface area contributed by atoms with Gasteiger partial charge < -0.3 is 19.5 Å². The van der Waals surface area contributed by atoms with E-state index >= 15 is 0 Å². The van der Waals surface area contributed by atoms with Crippen molar-refractivity contribution in [3.8, 4) is 0 Å². The molecular weight excluding hydrogens is 719 g/mol. The quantitative estimate of drug-likeness (QED) is 0.0487. The minimum absolute atomic E-state index is 0.0691. The summed E-state index contributed by atoms with van der Waals surface area (Å²) in [4.78, 5) is 28.5. The van der Waals surface area contributed by atoms with Crippen molar-refractivity contribution < 1.29 is 24.2 Å². The van der Waals surface area contributed by atoms with Crippen LogP contribution in [-0.2, 0) is 19.1 Å². The number of nitrogens with zero attached hydrogens (tertiary/aromatic N) is 1. The monoisotopic (exact) mass is 822 g/mol. The molecule has 2 unspecified atom stereocenters. The van der Waals surface area contributed by atoms with Crippen molar-refractivity contribution in [3.05, 3.63) is 0 Å². The fourth-order valence-electron chi connectivity index (χ4n) is 8.39. The summed E-state index contributed by atoms with van der Waals surface area (Å²) in [5, 5.41) is 9.33. The van der Waals surface area contributed by atoms with Crippen molar-refractivity contribution in [2.75, 3.05) is 39.5 Å². The van der Waals surface area contributed by atoms with E-state index in [-0.39, 0.29) is 30.4 Å². The maximum Gasteiger partial charge on any atom is 0.308 e. The van der Waals surface area contributed by atoms with Crippen molar-refractivity contribution in [2.45, 2.75) is 272 Å². The molecule has 0 aromatic carbocycles. The van der Waals surface area contributed by atoms with E-state index in [9.17, 15) is 14.7 Å². The second-order valence-electron chi connectivity index (χ2n) is 18.1. The number of hydrogen-bond acceptors (Lipinski definition) is 6. The van der Waals surface area contributed by atoms with Gasteiger partial charge in [0.25, 0.3) is 0 Å². The fourth-order valence-corrected chi connectivity index (χ4v) is 8.39. The normalized spacial score (nSPS) is 12.7. The van der Waals surface area contributed by atoms with Gasteiger partial charge in [-0.25, -0.2) is 0 Å². The third kappa shape index (κ3) is 39.0. The Morgan fingerprint density at radius 1 is 0.362 bits per heavy atom. The number of aliphatic hydroxyl groups excluding tert-OH is 1. The molecule has 1 N–H and O–H groups in total. The second-order valence-corrected chi connectivity index (χ2v) is 18.1. The van der Waals surface area contributed by atoms with Crippen LogP contribution in [-0.4, -0.2) is 61.4 Å². The summed E-state index contributed by atoms with van der Waals surface area (Å²) in [7, 11) is 0. The first-order valence-electron chi connectivity index (χ1n) is 26.2. The first-order chi connectivity index (χ1) is 28.5. The first kappa shape index (κ1) is 56.9. The number of rotatable bonds is 48. The molecule has 346 valence electrons. The second kappa shape index (κ2) is 46.9. The highest BCUT2D eigenvalue weighted by molar-refractivity contribution is 5.72. The van der Waals surface area contributed by atoms with E-state index in [1.807, 2.05) is 0 Å². The van der Waals surface area contributed by atoms with Crippen LogP contribution >= 0.6 is 0 Å². The van der Waals surface area contributed by atoms with Crippen LogP contribution in [0.4, 0.5) is 0 Å². The van der Waals surface area contributed by atoms with E-state index in [0.29, 0.717) is 13.2 Å². The largest absolute Gasteiger partial charge is 0.465 e. The Morgan fingerprint density at radius 3 is 0.948 bits per heavy atom. The van der Waals surface area contributed by atoms with Crippen LogP contribution in [0.1, 0.15) is 272 Å². The average molecular weight is 822 g/mol. The molecule has 0 radical (unpaired) electrons. The van der Waals surface area contributed by atoms with Gasteiger partial charge in [0.05, 0.1) is 25.0 Å². The van der Waals surface area contributed by atoms with Gasteiger partial charge in [0.1, 0.15) is 0 Å². The molecule has 6 nitrogen and oxygen atoms in total. The smallest absolute Gasteiger partial charge is 0.308 e. The molecule has 0 rings (SSSR count).